The Morgan fingerprint density at radius 3 is 2.77 bits per heavy atom. The fourth-order valence-corrected chi connectivity index (χ4v) is 2.15. The highest BCUT2D eigenvalue weighted by Crippen LogP contribution is 2.38. The third kappa shape index (κ3) is 1.34. The van der Waals surface area contributed by atoms with Crippen LogP contribution in [-0.2, 0) is 14.3 Å². The summed E-state index contributed by atoms with van der Waals surface area (Å²) in [5, 5.41) is 9.16. The van der Waals surface area contributed by atoms with Crippen LogP contribution in [0.5, 0.6) is 0 Å². The number of carboxylic acid groups (broad SMARTS) is 1. The number of ether oxygens (including phenoxy) is 2. The Morgan fingerprint density at radius 2 is 2.31 bits per heavy atom. The summed E-state index contributed by atoms with van der Waals surface area (Å²) in [7, 11) is 0. The van der Waals surface area contributed by atoms with Gasteiger partial charge in [-0.2, -0.15) is 0 Å². The van der Waals surface area contributed by atoms with Crippen LogP contribution >= 0.6 is 0 Å². The smallest absolute Gasteiger partial charge is 0.314 e. The van der Waals surface area contributed by atoms with Crippen LogP contribution in [0.15, 0.2) is 0 Å². The van der Waals surface area contributed by atoms with Crippen molar-refractivity contribution in [1.82, 2.24) is 0 Å². The Morgan fingerprint density at radius 1 is 1.46 bits per heavy atom. The molecule has 1 N–H and O–H groups in total. The van der Waals surface area contributed by atoms with Gasteiger partial charge in [0.05, 0.1) is 12.7 Å². The Hall–Kier alpha value is -0.610. The maximum absolute atomic E-state index is 11.2. The highest BCUT2D eigenvalue weighted by Gasteiger charge is 2.50. The van der Waals surface area contributed by atoms with Crippen molar-refractivity contribution in [3.63, 3.8) is 0 Å². The first-order valence-electron chi connectivity index (χ1n) is 4.68. The minimum absolute atomic E-state index is 0.132. The largest absolute Gasteiger partial charge is 0.481 e. The second-order valence-electron chi connectivity index (χ2n) is 3.77. The molecular weight excluding hydrogens is 172 g/mol. The summed E-state index contributed by atoms with van der Waals surface area (Å²) in [5.41, 5.74) is -0.753. The Kier molecular flexibility index (Phi) is 2.26. The van der Waals surface area contributed by atoms with Crippen molar-refractivity contribution in [3.8, 4) is 0 Å². The summed E-state index contributed by atoms with van der Waals surface area (Å²) >= 11 is 0. The van der Waals surface area contributed by atoms with Crippen molar-refractivity contribution in [3.05, 3.63) is 0 Å². The average Bonchev–Trinajstić information content (AvgIpc) is 2.75. The number of carboxylic acids is 1. The van der Waals surface area contributed by atoms with Gasteiger partial charge in [0.25, 0.3) is 0 Å². The molecule has 2 fully saturated rings. The zero-order valence-electron chi connectivity index (χ0n) is 7.49. The van der Waals surface area contributed by atoms with E-state index in [1.54, 1.807) is 0 Å². The second kappa shape index (κ2) is 3.27. The van der Waals surface area contributed by atoms with Crippen LogP contribution in [0.4, 0.5) is 0 Å². The zero-order chi connectivity index (χ0) is 9.31. The summed E-state index contributed by atoms with van der Waals surface area (Å²) < 4.78 is 10.6. The molecule has 0 spiro atoms. The SMILES string of the molecule is O=C(O)C1(C2CCCO2)CCOC1. The van der Waals surface area contributed by atoms with E-state index in [-0.39, 0.29) is 6.10 Å². The predicted octanol–water partition coefficient (Wildman–Crippen LogP) is 0.657. The van der Waals surface area contributed by atoms with Crippen molar-refractivity contribution in [1.29, 1.82) is 0 Å². The van der Waals surface area contributed by atoms with Crippen LogP contribution in [0.2, 0.25) is 0 Å². The molecule has 2 unspecified atom stereocenters. The van der Waals surface area contributed by atoms with Crippen LogP contribution in [0.1, 0.15) is 19.3 Å². The average molecular weight is 186 g/mol. The van der Waals surface area contributed by atoms with E-state index in [1.165, 1.54) is 0 Å². The lowest BCUT2D eigenvalue weighted by molar-refractivity contribution is -0.157. The van der Waals surface area contributed by atoms with Gasteiger partial charge in [-0.1, -0.05) is 0 Å². The van der Waals surface area contributed by atoms with Gasteiger partial charge in [-0.15, -0.1) is 0 Å². The first-order chi connectivity index (χ1) is 6.26. The van der Waals surface area contributed by atoms with E-state index < -0.39 is 11.4 Å². The molecule has 4 heteroatoms. The molecule has 0 amide bonds. The molecule has 2 aliphatic rings. The molecule has 74 valence electrons. The minimum Gasteiger partial charge on any atom is -0.481 e. The lowest BCUT2D eigenvalue weighted by atomic mass is 9.80. The van der Waals surface area contributed by atoms with E-state index in [4.69, 9.17) is 14.6 Å². The quantitative estimate of drug-likeness (QED) is 0.688. The van der Waals surface area contributed by atoms with Crippen LogP contribution in [0, 0.1) is 5.41 Å². The van der Waals surface area contributed by atoms with Gasteiger partial charge < -0.3 is 14.6 Å². The van der Waals surface area contributed by atoms with Crippen LogP contribution in [-0.4, -0.2) is 37.0 Å². The Bertz CT molecular complexity index is 202. The van der Waals surface area contributed by atoms with Crippen LogP contribution in [0.25, 0.3) is 0 Å². The summed E-state index contributed by atoms with van der Waals surface area (Å²) in [4.78, 5) is 11.2. The minimum atomic E-state index is -0.767. The maximum Gasteiger partial charge on any atom is 0.314 e. The van der Waals surface area contributed by atoms with Gasteiger partial charge >= 0.3 is 5.97 Å². The lowest BCUT2D eigenvalue weighted by Gasteiger charge is -2.28. The number of hydrogen-bond acceptors (Lipinski definition) is 3. The first-order valence-corrected chi connectivity index (χ1v) is 4.68. The highest BCUT2D eigenvalue weighted by atomic mass is 16.5. The van der Waals surface area contributed by atoms with Gasteiger partial charge in [0.1, 0.15) is 5.41 Å². The van der Waals surface area contributed by atoms with E-state index in [0.29, 0.717) is 26.2 Å². The molecule has 0 saturated carbocycles. The summed E-state index contributed by atoms with van der Waals surface area (Å²) in [6, 6.07) is 0. The highest BCUT2D eigenvalue weighted by molar-refractivity contribution is 5.76. The molecule has 4 nitrogen and oxygen atoms in total. The third-order valence-electron chi connectivity index (χ3n) is 3.02. The van der Waals surface area contributed by atoms with E-state index >= 15 is 0 Å². The molecule has 0 radical (unpaired) electrons. The lowest BCUT2D eigenvalue weighted by Crippen LogP contribution is -2.42. The Labute approximate surface area is 76.8 Å². The summed E-state index contributed by atoms with van der Waals surface area (Å²) in [6.45, 7) is 1.55. The van der Waals surface area contributed by atoms with Gasteiger partial charge in [0.15, 0.2) is 0 Å². The molecule has 13 heavy (non-hydrogen) atoms. The molecule has 0 bridgehead atoms. The Balaban J connectivity index is 2.16. The van der Waals surface area contributed by atoms with E-state index in [1.807, 2.05) is 0 Å². The summed E-state index contributed by atoms with van der Waals surface area (Å²) in [6.07, 6.45) is 2.29. The maximum atomic E-state index is 11.2. The molecule has 2 aliphatic heterocycles. The number of rotatable bonds is 2. The first kappa shape index (κ1) is 8.97. The topological polar surface area (TPSA) is 55.8 Å². The van der Waals surface area contributed by atoms with Gasteiger partial charge in [0.2, 0.25) is 0 Å². The van der Waals surface area contributed by atoms with Crippen LogP contribution < -0.4 is 0 Å². The number of hydrogen-bond donors (Lipinski definition) is 1. The molecule has 0 aliphatic carbocycles. The van der Waals surface area contributed by atoms with Crippen LogP contribution in [0.3, 0.4) is 0 Å². The van der Waals surface area contributed by atoms with Gasteiger partial charge in [0, 0.05) is 13.2 Å². The zero-order valence-corrected chi connectivity index (χ0v) is 7.49. The third-order valence-corrected chi connectivity index (χ3v) is 3.02. The van der Waals surface area contributed by atoms with E-state index in [9.17, 15) is 4.79 Å². The fraction of sp³-hybridized carbons (Fsp3) is 0.889. The molecule has 2 rings (SSSR count). The normalized spacial score (nSPS) is 39.5. The van der Waals surface area contributed by atoms with Crippen molar-refractivity contribution < 1.29 is 19.4 Å². The summed E-state index contributed by atoms with van der Waals surface area (Å²) in [5.74, 6) is -0.767. The standard InChI is InChI=1S/C9H14O4/c10-8(11)9(3-5-12-6-9)7-2-1-4-13-7/h7H,1-6H2,(H,10,11). The van der Waals surface area contributed by atoms with Crippen molar-refractivity contribution in [2.45, 2.75) is 25.4 Å². The van der Waals surface area contributed by atoms with E-state index in [2.05, 4.69) is 0 Å². The van der Waals surface area contributed by atoms with E-state index in [0.717, 1.165) is 12.8 Å². The van der Waals surface area contributed by atoms with Gasteiger partial charge in [-0.05, 0) is 19.3 Å². The molecule has 0 aromatic heterocycles. The van der Waals surface area contributed by atoms with Crippen molar-refractivity contribution in [2.75, 3.05) is 19.8 Å². The molecular formula is C9H14O4. The molecule has 2 saturated heterocycles. The number of aliphatic carboxylic acids is 1. The predicted molar refractivity (Wildman–Crippen MR) is 44.5 cm³/mol. The second-order valence-corrected chi connectivity index (χ2v) is 3.77. The van der Waals surface area contributed by atoms with Crippen molar-refractivity contribution >= 4 is 5.97 Å². The fourth-order valence-electron chi connectivity index (χ4n) is 2.15. The molecule has 2 atom stereocenters. The monoisotopic (exact) mass is 186 g/mol. The van der Waals surface area contributed by atoms with Crippen molar-refractivity contribution in [2.24, 2.45) is 5.41 Å². The van der Waals surface area contributed by atoms with Gasteiger partial charge in [-0.25, -0.2) is 0 Å². The number of carbonyl (C=O) groups is 1. The molecule has 2 heterocycles. The van der Waals surface area contributed by atoms with Gasteiger partial charge in [-0.3, -0.25) is 4.79 Å². The molecule has 0 aromatic carbocycles. The molecule has 0 aromatic rings.